The second kappa shape index (κ2) is 9.25. The van der Waals surface area contributed by atoms with Gasteiger partial charge >= 0.3 is 0 Å². The molecule has 3 aromatic carbocycles. The van der Waals surface area contributed by atoms with Crippen molar-refractivity contribution in [3.63, 3.8) is 0 Å². The molecule has 0 bridgehead atoms. The zero-order chi connectivity index (χ0) is 23.7. The molecule has 0 radical (unpaired) electrons. The number of nitrogens with zero attached hydrogens (tertiary/aromatic N) is 3. The monoisotopic (exact) mass is 460 g/mol. The summed E-state index contributed by atoms with van der Waals surface area (Å²) in [4.78, 5) is 19.9. The number of amides is 1. The number of fused-ring (bicyclic) bond motifs is 1. The molecule has 4 aromatic rings. The van der Waals surface area contributed by atoms with Gasteiger partial charge in [-0.25, -0.2) is 13.8 Å². The van der Waals surface area contributed by atoms with Gasteiger partial charge in [0.2, 0.25) is 11.9 Å². The van der Waals surface area contributed by atoms with Gasteiger partial charge in [-0.15, -0.1) is 0 Å². The van der Waals surface area contributed by atoms with Crippen LogP contribution in [-0.2, 0) is 11.3 Å². The molecule has 5 nitrogen and oxygen atoms in total. The van der Waals surface area contributed by atoms with Crippen LogP contribution in [0.5, 0.6) is 0 Å². The fourth-order valence-corrected chi connectivity index (χ4v) is 4.62. The Morgan fingerprint density at radius 2 is 1.76 bits per heavy atom. The molecule has 1 fully saturated rings. The average molecular weight is 461 g/mol. The standard InChI is InChI=1S/C27H26F2N4O/c1-18-15-22(29)9-10-23(18)30-26(34)20-11-13-32(14-12-20)27-31-24-7-2-3-8-25(24)33(27)17-19-5-4-6-21(28)16-19/h2-10,15-16,20H,11-14,17H2,1H3,(H,30,34). The lowest BCUT2D eigenvalue weighted by Gasteiger charge is -2.32. The first-order valence-electron chi connectivity index (χ1n) is 11.5. The molecule has 174 valence electrons. The Balaban J connectivity index is 1.33. The van der Waals surface area contributed by atoms with E-state index in [1.54, 1.807) is 25.1 Å². The molecule has 1 amide bonds. The summed E-state index contributed by atoms with van der Waals surface area (Å²) < 4.78 is 29.3. The highest BCUT2D eigenvalue weighted by atomic mass is 19.1. The molecule has 5 rings (SSSR count). The molecular weight excluding hydrogens is 434 g/mol. The highest BCUT2D eigenvalue weighted by molar-refractivity contribution is 5.93. The van der Waals surface area contributed by atoms with Crippen LogP contribution in [0, 0.1) is 24.5 Å². The number of hydrogen-bond acceptors (Lipinski definition) is 3. The van der Waals surface area contributed by atoms with Crippen molar-refractivity contribution in [1.82, 2.24) is 9.55 Å². The van der Waals surface area contributed by atoms with Crippen LogP contribution < -0.4 is 10.2 Å². The smallest absolute Gasteiger partial charge is 0.227 e. The van der Waals surface area contributed by atoms with Gasteiger partial charge in [0.1, 0.15) is 11.6 Å². The van der Waals surface area contributed by atoms with Crippen LogP contribution in [0.1, 0.15) is 24.0 Å². The van der Waals surface area contributed by atoms with E-state index >= 15 is 0 Å². The van der Waals surface area contributed by atoms with E-state index in [0.717, 1.165) is 22.5 Å². The van der Waals surface area contributed by atoms with Crippen molar-refractivity contribution in [2.45, 2.75) is 26.3 Å². The first-order valence-corrected chi connectivity index (χ1v) is 11.5. The van der Waals surface area contributed by atoms with Crippen molar-refractivity contribution in [3.8, 4) is 0 Å². The number of carbonyl (C=O) groups is 1. The zero-order valence-corrected chi connectivity index (χ0v) is 19.0. The molecule has 1 aliphatic heterocycles. The lowest BCUT2D eigenvalue weighted by atomic mass is 9.96. The maximum absolute atomic E-state index is 13.8. The van der Waals surface area contributed by atoms with Crippen molar-refractivity contribution < 1.29 is 13.6 Å². The summed E-state index contributed by atoms with van der Waals surface area (Å²) in [6.07, 6.45) is 1.38. The summed E-state index contributed by atoms with van der Waals surface area (Å²) in [5, 5.41) is 2.95. The Morgan fingerprint density at radius 3 is 2.53 bits per heavy atom. The van der Waals surface area contributed by atoms with Crippen LogP contribution in [0.2, 0.25) is 0 Å². The van der Waals surface area contributed by atoms with E-state index in [4.69, 9.17) is 4.98 Å². The molecule has 0 spiro atoms. The SMILES string of the molecule is Cc1cc(F)ccc1NC(=O)C1CCN(c2nc3ccccc3n2Cc2cccc(F)c2)CC1. The van der Waals surface area contributed by atoms with Crippen molar-refractivity contribution >= 4 is 28.6 Å². The number of benzene rings is 3. The summed E-state index contributed by atoms with van der Waals surface area (Å²) >= 11 is 0. The van der Waals surface area contributed by atoms with Crippen molar-refractivity contribution in [1.29, 1.82) is 0 Å². The predicted molar refractivity (Wildman–Crippen MR) is 130 cm³/mol. The molecule has 1 N–H and O–H groups in total. The van der Waals surface area contributed by atoms with Gasteiger partial charge in [-0.1, -0.05) is 24.3 Å². The number of nitrogens with one attached hydrogen (secondary N) is 1. The maximum atomic E-state index is 13.8. The van der Waals surface area contributed by atoms with Crippen LogP contribution in [0.4, 0.5) is 20.4 Å². The Hall–Kier alpha value is -3.74. The molecule has 0 atom stereocenters. The third-order valence-corrected chi connectivity index (χ3v) is 6.46. The first kappa shape index (κ1) is 22.1. The van der Waals surface area contributed by atoms with E-state index in [1.807, 2.05) is 30.3 Å². The molecular formula is C27H26F2N4O. The van der Waals surface area contributed by atoms with Crippen LogP contribution >= 0.6 is 0 Å². The third-order valence-electron chi connectivity index (χ3n) is 6.46. The summed E-state index contributed by atoms with van der Waals surface area (Å²) in [5.41, 5.74) is 4.10. The fraction of sp³-hybridized carbons (Fsp3) is 0.259. The lowest BCUT2D eigenvalue weighted by molar-refractivity contribution is -0.120. The molecule has 7 heteroatoms. The lowest BCUT2D eigenvalue weighted by Crippen LogP contribution is -2.39. The van der Waals surface area contributed by atoms with Gasteiger partial charge in [-0.2, -0.15) is 0 Å². The highest BCUT2D eigenvalue weighted by Crippen LogP contribution is 2.29. The van der Waals surface area contributed by atoms with Crippen molar-refractivity contribution in [2.75, 3.05) is 23.3 Å². The molecule has 1 saturated heterocycles. The fourth-order valence-electron chi connectivity index (χ4n) is 4.62. The third kappa shape index (κ3) is 4.51. The summed E-state index contributed by atoms with van der Waals surface area (Å²) in [6, 6.07) is 18.9. The molecule has 0 saturated carbocycles. The van der Waals surface area contributed by atoms with Gasteiger partial charge in [0, 0.05) is 24.7 Å². The van der Waals surface area contributed by atoms with Crippen LogP contribution in [-0.4, -0.2) is 28.5 Å². The van der Waals surface area contributed by atoms with Gasteiger partial charge < -0.3 is 14.8 Å². The minimum Gasteiger partial charge on any atom is -0.342 e. The van der Waals surface area contributed by atoms with E-state index < -0.39 is 0 Å². The number of aromatic nitrogens is 2. The Bertz CT molecular complexity index is 1340. The minimum atomic E-state index is -0.315. The number of carbonyl (C=O) groups excluding carboxylic acids is 1. The van der Waals surface area contributed by atoms with Crippen LogP contribution in [0.3, 0.4) is 0 Å². The molecule has 0 aliphatic carbocycles. The van der Waals surface area contributed by atoms with Crippen molar-refractivity contribution in [2.24, 2.45) is 5.92 Å². The number of piperidine rings is 1. The van der Waals surface area contributed by atoms with Gasteiger partial charge in [-0.05, 0) is 73.4 Å². The Morgan fingerprint density at radius 1 is 1.00 bits per heavy atom. The second-order valence-corrected chi connectivity index (χ2v) is 8.83. The molecule has 2 heterocycles. The van der Waals surface area contributed by atoms with Gasteiger partial charge in [0.25, 0.3) is 0 Å². The number of para-hydroxylation sites is 2. The van der Waals surface area contributed by atoms with Gasteiger partial charge in [-0.3, -0.25) is 4.79 Å². The normalized spacial score (nSPS) is 14.5. The Kier molecular flexibility index (Phi) is 6.01. The van der Waals surface area contributed by atoms with E-state index in [1.165, 1.54) is 18.2 Å². The topological polar surface area (TPSA) is 50.2 Å². The number of rotatable bonds is 5. The van der Waals surface area contributed by atoms with E-state index in [0.29, 0.717) is 43.7 Å². The number of imidazole rings is 1. The van der Waals surface area contributed by atoms with Crippen molar-refractivity contribution in [3.05, 3.63) is 89.5 Å². The van der Waals surface area contributed by atoms with E-state index in [9.17, 15) is 13.6 Å². The molecule has 0 unspecified atom stereocenters. The zero-order valence-electron chi connectivity index (χ0n) is 19.0. The minimum absolute atomic E-state index is 0.0392. The largest absolute Gasteiger partial charge is 0.342 e. The van der Waals surface area contributed by atoms with E-state index in [2.05, 4.69) is 14.8 Å². The van der Waals surface area contributed by atoms with Gasteiger partial charge in [0.05, 0.1) is 17.6 Å². The number of aryl methyl sites for hydroxylation is 1. The summed E-state index contributed by atoms with van der Waals surface area (Å²) in [6.45, 7) is 3.67. The maximum Gasteiger partial charge on any atom is 0.227 e. The summed E-state index contributed by atoms with van der Waals surface area (Å²) in [5.74, 6) is 0.0969. The number of halogens is 2. The quantitative estimate of drug-likeness (QED) is 0.426. The van der Waals surface area contributed by atoms with Crippen LogP contribution in [0.25, 0.3) is 11.0 Å². The van der Waals surface area contributed by atoms with E-state index in [-0.39, 0.29) is 23.5 Å². The Labute approximate surface area is 197 Å². The number of anilines is 2. The molecule has 34 heavy (non-hydrogen) atoms. The first-order chi connectivity index (χ1) is 16.5. The number of hydrogen-bond donors (Lipinski definition) is 1. The highest BCUT2D eigenvalue weighted by Gasteiger charge is 2.28. The second-order valence-electron chi connectivity index (χ2n) is 8.83. The molecule has 1 aliphatic rings. The average Bonchev–Trinajstić information content (AvgIpc) is 3.19. The molecule has 1 aromatic heterocycles. The van der Waals surface area contributed by atoms with Gasteiger partial charge in [0.15, 0.2) is 0 Å². The summed E-state index contributed by atoms with van der Waals surface area (Å²) in [7, 11) is 0. The van der Waals surface area contributed by atoms with Crippen LogP contribution in [0.15, 0.2) is 66.7 Å². The predicted octanol–water partition coefficient (Wildman–Crippen LogP) is 5.53.